The summed E-state index contributed by atoms with van der Waals surface area (Å²) in [7, 11) is 0. The first-order valence-electron chi connectivity index (χ1n) is 20.3. The van der Waals surface area contributed by atoms with Crippen LogP contribution in [0.5, 0.6) is 0 Å². The first-order valence-corrected chi connectivity index (χ1v) is 20.3. The number of para-hydroxylation sites is 3. The lowest BCUT2D eigenvalue weighted by Crippen LogP contribution is -2.13. The summed E-state index contributed by atoms with van der Waals surface area (Å²) in [6.45, 7) is 4.44. The Morgan fingerprint density at radius 1 is 0.390 bits per heavy atom. The van der Waals surface area contributed by atoms with Crippen molar-refractivity contribution in [3.63, 3.8) is 0 Å². The van der Waals surface area contributed by atoms with Crippen molar-refractivity contribution in [2.45, 2.75) is 13.8 Å². The first kappa shape index (κ1) is 34.6. The van der Waals surface area contributed by atoms with Crippen LogP contribution < -0.4 is 4.90 Å². The number of nitrogens with zero attached hydrogens (tertiary/aromatic N) is 2. The average molecular weight is 757 g/mol. The van der Waals surface area contributed by atoms with Crippen LogP contribution in [0.25, 0.3) is 82.8 Å². The quantitative estimate of drug-likeness (QED) is 0.161. The van der Waals surface area contributed by atoms with Gasteiger partial charge in [0.05, 0.1) is 22.1 Å². The Morgan fingerprint density at radius 2 is 0.864 bits per heavy atom. The van der Waals surface area contributed by atoms with E-state index in [1.165, 1.54) is 55.2 Å². The third-order valence-electron chi connectivity index (χ3n) is 11.9. The summed E-state index contributed by atoms with van der Waals surface area (Å²) in [6.07, 6.45) is 0. The van der Waals surface area contributed by atoms with E-state index in [1.807, 2.05) is 0 Å². The monoisotopic (exact) mass is 756 g/mol. The smallest absolute Gasteiger partial charge is 0.145 e. The van der Waals surface area contributed by atoms with E-state index in [-0.39, 0.29) is 0 Å². The number of rotatable bonds is 7. The standard InChI is InChI=1S/C56H40N2O/c1-37-35-42(39-15-5-3-6-16-39)27-32-49(37)58(50-33-28-43(36-38(50)2)40-17-7-4-8-18-40)53-34-31-45(56-55(53)48-21-11-14-24-54(48)59-56)41-25-29-44(30-26-41)57-51-22-12-9-19-46(51)47-20-10-13-23-52(47)57/h3-36H,1-2H3. The van der Waals surface area contributed by atoms with Crippen LogP contribution in [0.15, 0.2) is 211 Å². The van der Waals surface area contributed by atoms with E-state index in [1.54, 1.807) is 0 Å². The summed E-state index contributed by atoms with van der Waals surface area (Å²) < 4.78 is 9.26. The molecule has 0 spiro atoms. The zero-order valence-corrected chi connectivity index (χ0v) is 32.9. The summed E-state index contributed by atoms with van der Waals surface area (Å²) in [5, 5.41) is 4.68. The Labute approximate surface area is 343 Å². The molecule has 0 saturated carbocycles. The molecule has 0 aliphatic rings. The molecule has 9 aromatic carbocycles. The van der Waals surface area contributed by atoms with Gasteiger partial charge in [0.15, 0.2) is 0 Å². The molecule has 0 fully saturated rings. The van der Waals surface area contributed by atoms with Gasteiger partial charge in [0.2, 0.25) is 0 Å². The van der Waals surface area contributed by atoms with E-state index >= 15 is 0 Å². The van der Waals surface area contributed by atoms with Crippen LogP contribution in [0.2, 0.25) is 0 Å². The fraction of sp³-hybridized carbons (Fsp3) is 0.0357. The van der Waals surface area contributed by atoms with E-state index in [4.69, 9.17) is 4.42 Å². The maximum Gasteiger partial charge on any atom is 0.145 e. The minimum atomic E-state index is 0.866. The van der Waals surface area contributed by atoms with Crippen molar-refractivity contribution < 1.29 is 4.42 Å². The molecule has 0 aliphatic carbocycles. The molecule has 0 atom stereocenters. The summed E-state index contributed by atoms with van der Waals surface area (Å²) >= 11 is 0. The largest absolute Gasteiger partial charge is 0.455 e. The van der Waals surface area contributed by atoms with Gasteiger partial charge in [-0.3, -0.25) is 0 Å². The molecule has 0 amide bonds. The van der Waals surface area contributed by atoms with Crippen LogP contribution in [-0.2, 0) is 0 Å². The van der Waals surface area contributed by atoms with Gasteiger partial charge >= 0.3 is 0 Å². The van der Waals surface area contributed by atoms with Gasteiger partial charge in [0, 0.05) is 38.8 Å². The Hall–Kier alpha value is -7.62. The van der Waals surface area contributed by atoms with Crippen molar-refractivity contribution >= 4 is 60.8 Å². The highest BCUT2D eigenvalue weighted by atomic mass is 16.3. The second kappa shape index (κ2) is 14.1. The van der Waals surface area contributed by atoms with E-state index in [0.29, 0.717) is 0 Å². The molecule has 0 radical (unpaired) electrons. The lowest BCUT2D eigenvalue weighted by Gasteiger charge is -2.30. The summed E-state index contributed by atoms with van der Waals surface area (Å²) in [6, 6.07) is 74.1. The number of hydrogen-bond donors (Lipinski definition) is 0. The fourth-order valence-corrected chi connectivity index (χ4v) is 9.04. The predicted molar refractivity (Wildman–Crippen MR) is 249 cm³/mol. The second-order valence-corrected chi connectivity index (χ2v) is 15.4. The number of fused-ring (bicyclic) bond motifs is 6. The Bertz CT molecular complexity index is 3200. The summed E-state index contributed by atoms with van der Waals surface area (Å²) in [5.41, 5.74) is 17.9. The van der Waals surface area contributed by atoms with Gasteiger partial charge in [-0.05, 0) is 120 Å². The van der Waals surface area contributed by atoms with Crippen LogP contribution in [0.4, 0.5) is 17.1 Å². The molecular formula is C56H40N2O. The average Bonchev–Trinajstić information content (AvgIpc) is 3.85. The van der Waals surface area contributed by atoms with E-state index in [0.717, 1.165) is 55.8 Å². The molecule has 59 heavy (non-hydrogen) atoms. The number of furan rings is 1. The maximum atomic E-state index is 6.90. The fourth-order valence-electron chi connectivity index (χ4n) is 9.04. The number of aryl methyl sites for hydroxylation is 2. The van der Waals surface area contributed by atoms with Gasteiger partial charge in [-0.25, -0.2) is 0 Å². The maximum absolute atomic E-state index is 6.90. The molecular weight excluding hydrogens is 717 g/mol. The molecule has 11 aromatic rings. The van der Waals surface area contributed by atoms with E-state index in [9.17, 15) is 0 Å². The molecule has 2 aromatic heterocycles. The van der Waals surface area contributed by atoms with Crippen molar-refractivity contribution in [2.24, 2.45) is 0 Å². The van der Waals surface area contributed by atoms with Crippen LogP contribution in [0.3, 0.4) is 0 Å². The Balaban J connectivity index is 1.10. The molecule has 11 rings (SSSR count). The zero-order valence-electron chi connectivity index (χ0n) is 32.9. The normalized spacial score (nSPS) is 11.6. The van der Waals surface area contributed by atoms with Gasteiger partial charge < -0.3 is 13.9 Å². The summed E-state index contributed by atoms with van der Waals surface area (Å²) in [5.74, 6) is 0. The zero-order chi connectivity index (χ0) is 39.5. The highest BCUT2D eigenvalue weighted by molar-refractivity contribution is 6.17. The van der Waals surface area contributed by atoms with Crippen LogP contribution in [-0.4, -0.2) is 4.57 Å². The molecule has 2 heterocycles. The lowest BCUT2D eigenvalue weighted by molar-refractivity contribution is 0.670. The number of anilines is 3. The van der Waals surface area contributed by atoms with Crippen molar-refractivity contribution in [1.82, 2.24) is 4.57 Å². The predicted octanol–water partition coefficient (Wildman–Crippen LogP) is 15.8. The molecule has 3 nitrogen and oxygen atoms in total. The molecule has 0 unspecified atom stereocenters. The highest BCUT2D eigenvalue weighted by Crippen LogP contribution is 2.48. The van der Waals surface area contributed by atoms with Gasteiger partial charge in [0.1, 0.15) is 11.2 Å². The highest BCUT2D eigenvalue weighted by Gasteiger charge is 2.24. The van der Waals surface area contributed by atoms with Crippen molar-refractivity contribution in [2.75, 3.05) is 4.90 Å². The minimum Gasteiger partial charge on any atom is -0.455 e. The molecule has 280 valence electrons. The lowest BCUT2D eigenvalue weighted by atomic mass is 9.97. The van der Waals surface area contributed by atoms with Gasteiger partial charge in [-0.15, -0.1) is 0 Å². The van der Waals surface area contributed by atoms with Crippen molar-refractivity contribution in [3.05, 3.63) is 217 Å². The summed E-state index contributed by atoms with van der Waals surface area (Å²) in [4.78, 5) is 2.44. The first-order chi connectivity index (χ1) is 29.1. The Kier molecular flexibility index (Phi) is 8.27. The van der Waals surface area contributed by atoms with E-state index in [2.05, 4.69) is 230 Å². The minimum absolute atomic E-state index is 0.866. The van der Waals surface area contributed by atoms with Crippen molar-refractivity contribution in [1.29, 1.82) is 0 Å². The van der Waals surface area contributed by atoms with Gasteiger partial charge in [-0.2, -0.15) is 0 Å². The van der Waals surface area contributed by atoms with Crippen molar-refractivity contribution in [3.8, 4) is 39.1 Å². The third-order valence-corrected chi connectivity index (χ3v) is 11.9. The third kappa shape index (κ3) is 5.82. The van der Waals surface area contributed by atoms with Gasteiger partial charge in [0.25, 0.3) is 0 Å². The number of benzene rings is 9. The topological polar surface area (TPSA) is 21.3 Å². The van der Waals surface area contributed by atoms with E-state index < -0.39 is 0 Å². The van der Waals surface area contributed by atoms with Crippen LogP contribution in [0.1, 0.15) is 11.1 Å². The second-order valence-electron chi connectivity index (χ2n) is 15.4. The van der Waals surface area contributed by atoms with Gasteiger partial charge in [-0.1, -0.05) is 140 Å². The molecule has 3 heteroatoms. The molecule has 0 saturated heterocycles. The SMILES string of the molecule is Cc1cc(-c2ccccc2)ccc1N(c1ccc(-c2ccccc2)cc1C)c1ccc(-c2ccc(-n3c4ccccc4c4ccccc43)cc2)c2oc3ccccc3c12. The molecule has 0 N–H and O–H groups in total. The Morgan fingerprint density at radius 3 is 1.42 bits per heavy atom. The van der Waals surface area contributed by atoms with Crippen LogP contribution >= 0.6 is 0 Å². The van der Waals surface area contributed by atoms with Crippen LogP contribution in [0, 0.1) is 13.8 Å². The molecule has 0 bridgehead atoms. The number of aromatic nitrogens is 1. The number of hydrogen-bond acceptors (Lipinski definition) is 2. The molecule has 0 aliphatic heterocycles.